The summed E-state index contributed by atoms with van der Waals surface area (Å²) in [6.45, 7) is 14.8. The van der Waals surface area contributed by atoms with Crippen LogP contribution in [0.15, 0.2) is 55.6 Å². The lowest BCUT2D eigenvalue weighted by molar-refractivity contribution is -0.160. The molecule has 3 saturated heterocycles. The van der Waals surface area contributed by atoms with E-state index >= 15 is 0 Å². The number of alkyl halides is 1. The van der Waals surface area contributed by atoms with Gasteiger partial charge in [-0.05, 0) is 52.5 Å². The molecule has 2 N–H and O–H groups in total. The van der Waals surface area contributed by atoms with Gasteiger partial charge in [0.15, 0.2) is 0 Å². The van der Waals surface area contributed by atoms with Crippen molar-refractivity contribution in [2.75, 3.05) is 19.7 Å². The van der Waals surface area contributed by atoms with E-state index in [1.165, 1.54) is 4.90 Å². The van der Waals surface area contributed by atoms with E-state index < -0.39 is 59.1 Å². The second kappa shape index (κ2) is 14.2. The van der Waals surface area contributed by atoms with Crippen molar-refractivity contribution in [3.05, 3.63) is 61.2 Å². The first-order valence-corrected chi connectivity index (χ1v) is 16.5. The summed E-state index contributed by atoms with van der Waals surface area (Å²) < 4.78 is 12.4. The number of carbonyl (C=O) groups is 4. The van der Waals surface area contributed by atoms with Crippen LogP contribution >= 0.6 is 15.9 Å². The molecule has 0 aliphatic carbocycles. The van der Waals surface area contributed by atoms with Gasteiger partial charge in [0, 0.05) is 23.3 Å². The molecule has 246 valence electrons. The van der Waals surface area contributed by atoms with Crippen LogP contribution in [0.5, 0.6) is 0 Å². The summed E-state index contributed by atoms with van der Waals surface area (Å²) in [5, 5.41) is 13.4. The second-order valence-corrected chi connectivity index (χ2v) is 14.4. The molecule has 3 fully saturated rings. The SMILES string of the molecule is C=CCCC(=O)NC[C@@H](C)OC(=O)[C@@H]1[C@H]2O[C@@]3(CC2Br)[C@H](C(=O)N(CC=C)C(C)(C)C)N([C@@H](CO)Cc2ccccc2)C(=O)[C@@H]13. The van der Waals surface area contributed by atoms with Gasteiger partial charge < -0.3 is 29.7 Å². The van der Waals surface area contributed by atoms with Crippen LogP contribution in [0, 0.1) is 11.8 Å². The highest BCUT2D eigenvalue weighted by atomic mass is 79.9. The Morgan fingerprint density at radius 2 is 1.93 bits per heavy atom. The molecule has 1 unspecified atom stereocenters. The van der Waals surface area contributed by atoms with E-state index in [1.807, 2.05) is 51.1 Å². The third-order valence-electron chi connectivity index (χ3n) is 9.02. The van der Waals surface area contributed by atoms with Gasteiger partial charge in [0.2, 0.25) is 17.7 Å². The van der Waals surface area contributed by atoms with Gasteiger partial charge in [-0.3, -0.25) is 19.2 Å². The average Bonchev–Trinajstić information content (AvgIpc) is 3.59. The molecule has 2 bridgehead atoms. The molecule has 3 aliphatic heterocycles. The summed E-state index contributed by atoms with van der Waals surface area (Å²) in [5.74, 6) is -3.50. The monoisotopic (exact) mass is 687 g/mol. The Bertz CT molecular complexity index is 1280. The van der Waals surface area contributed by atoms with E-state index in [-0.39, 0.29) is 42.8 Å². The Labute approximate surface area is 274 Å². The Balaban J connectivity index is 1.70. The van der Waals surface area contributed by atoms with Crippen LogP contribution in [-0.4, -0.2) is 98.6 Å². The number of hydrogen-bond donors (Lipinski definition) is 2. The summed E-state index contributed by atoms with van der Waals surface area (Å²) in [6, 6.07) is 7.64. The molecule has 11 heteroatoms. The number of halogens is 1. The maximum Gasteiger partial charge on any atom is 0.312 e. The van der Waals surface area contributed by atoms with Crippen LogP contribution in [0.4, 0.5) is 0 Å². The summed E-state index contributed by atoms with van der Waals surface area (Å²) >= 11 is 3.69. The van der Waals surface area contributed by atoms with Gasteiger partial charge in [-0.25, -0.2) is 0 Å². The normalized spacial score (nSPS) is 28.3. The van der Waals surface area contributed by atoms with Crippen molar-refractivity contribution in [3.63, 3.8) is 0 Å². The first-order valence-electron chi connectivity index (χ1n) is 15.6. The Morgan fingerprint density at radius 1 is 1.24 bits per heavy atom. The number of aliphatic hydroxyl groups excluding tert-OH is 1. The number of ether oxygens (including phenoxy) is 2. The highest BCUT2D eigenvalue weighted by Crippen LogP contribution is 2.61. The number of hydrogen-bond acceptors (Lipinski definition) is 7. The predicted octanol–water partition coefficient (Wildman–Crippen LogP) is 3.17. The molecule has 3 aliphatic rings. The number of rotatable bonds is 14. The number of likely N-dealkylation sites (tertiary alicyclic amines) is 1. The number of amides is 3. The fourth-order valence-corrected chi connectivity index (χ4v) is 7.96. The minimum Gasteiger partial charge on any atom is -0.460 e. The van der Waals surface area contributed by atoms with Crippen molar-refractivity contribution in [1.82, 2.24) is 15.1 Å². The standard InChI is InChI=1S/C34H46BrN3O7/c1-7-9-15-25(40)36-19-21(3)44-32(43)26-27-30(41)38(23(20-39)17-22-13-11-10-12-14-22)29(34(27)18-24(35)28(26)45-34)31(42)37(16-8-2)33(4,5)6/h7-8,10-14,21,23-24,26-29,39H,1-2,9,15-20H2,3-6H3,(H,36,40)/t21-,23-,24?,26+,27-,28+,29+,34-/m1/s1. The van der Waals surface area contributed by atoms with Crippen molar-refractivity contribution in [2.24, 2.45) is 11.8 Å². The van der Waals surface area contributed by atoms with Gasteiger partial charge in [0.05, 0.1) is 37.1 Å². The fourth-order valence-electron chi connectivity index (χ4n) is 7.02. The first kappa shape index (κ1) is 34.8. The molecule has 45 heavy (non-hydrogen) atoms. The molecule has 1 aromatic rings. The number of carbonyl (C=O) groups excluding carboxylic acids is 4. The van der Waals surface area contributed by atoms with Crippen LogP contribution in [-0.2, 0) is 35.1 Å². The van der Waals surface area contributed by atoms with Gasteiger partial charge in [0.1, 0.15) is 17.7 Å². The van der Waals surface area contributed by atoms with Gasteiger partial charge in [-0.15, -0.1) is 13.2 Å². The quantitative estimate of drug-likeness (QED) is 0.175. The summed E-state index contributed by atoms with van der Waals surface area (Å²) in [6.07, 6.45) is 3.41. The van der Waals surface area contributed by atoms with Crippen LogP contribution in [0.3, 0.4) is 0 Å². The number of fused-ring (bicyclic) bond motifs is 1. The van der Waals surface area contributed by atoms with Crippen molar-refractivity contribution >= 4 is 39.6 Å². The van der Waals surface area contributed by atoms with E-state index in [4.69, 9.17) is 9.47 Å². The van der Waals surface area contributed by atoms with E-state index in [2.05, 4.69) is 34.4 Å². The second-order valence-electron chi connectivity index (χ2n) is 13.2. The zero-order chi connectivity index (χ0) is 33.1. The summed E-state index contributed by atoms with van der Waals surface area (Å²) in [7, 11) is 0. The molecule has 4 rings (SSSR count). The fraction of sp³-hybridized carbons (Fsp3) is 0.588. The van der Waals surface area contributed by atoms with Gasteiger partial charge in [-0.1, -0.05) is 58.4 Å². The predicted molar refractivity (Wildman–Crippen MR) is 173 cm³/mol. The molecule has 8 atom stereocenters. The minimum atomic E-state index is -1.31. The van der Waals surface area contributed by atoms with Crippen LogP contribution in [0.1, 0.15) is 52.5 Å². The molecule has 0 saturated carbocycles. The number of nitrogens with one attached hydrogen (secondary N) is 1. The molecule has 3 amide bonds. The van der Waals surface area contributed by atoms with Gasteiger partial charge >= 0.3 is 5.97 Å². The highest BCUT2D eigenvalue weighted by Gasteiger charge is 2.77. The van der Waals surface area contributed by atoms with E-state index in [0.29, 0.717) is 19.3 Å². The maximum absolute atomic E-state index is 14.7. The summed E-state index contributed by atoms with van der Waals surface area (Å²) in [5.41, 5.74) is -1.03. The molecule has 0 aromatic heterocycles. The number of nitrogens with zero attached hydrogens (tertiary/aromatic N) is 2. The highest BCUT2D eigenvalue weighted by molar-refractivity contribution is 9.09. The topological polar surface area (TPSA) is 125 Å². The summed E-state index contributed by atoms with van der Waals surface area (Å²) in [4.78, 5) is 58.0. The lowest BCUT2D eigenvalue weighted by atomic mass is 9.70. The number of benzene rings is 1. The van der Waals surface area contributed by atoms with E-state index in [0.717, 1.165) is 5.56 Å². The van der Waals surface area contributed by atoms with Crippen molar-refractivity contribution in [1.29, 1.82) is 0 Å². The number of allylic oxidation sites excluding steroid dienone is 1. The lowest BCUT2D eigenvalue weighted by Gasteiger charge is -2.43. The molecule has 1 spiro atoms. The molecular weight excluding hydrogens is 642 g/mol. The van der Waals surface area contributed by atoms with Crippen LogP contribution in [0.25, 0.3) is 0 Å². The Kier molecular flexibility index (Phi) is 11.0. The van der Waals surface area contributed by atoms with Crippen LogP contribution < -0.4 is 5.32 Å². The number of aliphatic hydroxyl groups is 1. The Hall–Kier alpha value is -3.02. The third-order valence-corrected chi connectivity index (χ3v) is 9.86. The van der Waals surface area contributed by atoms with Crippen molar-refractivity contribution < 1.29 is 33.8 Å². The number of esters is 1. The third kappa shape index (κ3) is 6.90. The maximum atomic E-state index is 14.7. The van der Waals surface area contributed by atoms with Crippen molar-refractivity contribution in [3.8, 4) is 0 Å². The molecule has 10 nitrogen and oxygen atoms in total. The smallest absolute Gasteiger partial charge is 0.312 e. The van der Waals surface area contributed by atoms with E-state index in [9.17, 15) is 24.3 Å². The largest absolute Gasteiger partial charge is 0.460 e. The molecular formula is C34H46BrN3O7. The minimum absolute atomic E-state index is 0.112. The Morgan fingerprint density at radius 3 is 2.53 bits per heavy atom. The molecule has 1 aromatic carbocycles. The van der Waals surface area contributed by atoms with Gasteiger partial charge in [0.25, 0.3) is 0 Å². The van der Waals surface area contributed by atoms with Gasteiger partial charge in [-0.2, -0.15) is 0 Å². The zero-order valence-corrected chi connectivity index (χ0v) is 28.2. The van der Waals surface area contributed by atoms with E-state index in [1.54, 1.807) is 24.0 Å². The van der Waals surface area contributed by atoms with Crippen LogP contribution in [0.2, 0.25) is 0 Å². The first-order chi connectivity index (χ1) is 21.3. The molecule has 3 heterocycles. The lowest BCUT2D eigenvalue weighted by Crippen LogP contribution is -2.62. The molecule has 0 radical (unpaired) electrons. The zero-order valence-electron chi connectivity index (χ0n) is 26.6. The average molecular weight is 689 g/mol. The van der Waals surface area contributed by atoms with Crippen molar-refractivity contribution in [2.45, 2.75) is 93.6 Å².